The first-order valence-corrected chi connectivity index (χ1v) is 16.4. The molecule has 11 heavy (non-hydrogen) atoms. The monoisotopic (exact) mass is 560 g/mol. The maximum atomic E-state index is 7.09. The Balaban J connectivity index is 0.000000292. The van der Waals surface area contributed by atoms with E-state index >= 15 is 0 Å². The Morgan fingerprint density at radius 1 is 1.45 bits per heavy atom. The zero-order valence-corrected chi connectivity index (χ0v) is 12.8. The Morgan fingerprint density at radius 3 is 2.18 bits per heavy atom. The van der Waals surface area contributed by atoms with Crippen LogP contribution < -0.4 is 0 Å². The van der Waals surface area contributed by atoms with E-state index in [0.29, 0.717) is 29.6 Å². The van der Waals surface area contributed by atoms with Gasteiger partial charge in [-0.25, -0.2) is 0 Å². The van der Waals surface area contributed by atoms with Crippen LogP contribution in [-0.4, -0.2) is 6.54 Å². The summed E-state index contributed by atoms with van der Waals surface area (Å²) in [6, 6.07) is 0. The fraction of sp³-hybridized carbons (Fsp3) is 0.857. The van der Waals surface area contributed by atoms with Crippen molar-refractivity contribution in [1.82, 2.24) is 0 Å². The van der Waals surface area contributed by atoms with E-state index in [0.717, 1.165) is 0 Å². The average molecular weight is 560 g/mol. The van der Waals surface area contributed by atoms with Gasteiger partial charge in [0.15, 0.2) is 0 Å². The van der Waals surface area contributed by atoms with Gasteiger partial charge in [0, 0.05) is 0 Å². The van der Waals surface area contributed by atoms with Crippen molar-refractivity contribution in [2.75, 3.05) is 6.54 Å². The molecule has 0 aliphatic heterocycles. The summed E-state index contributed by atoms with van der Waals surface area (Å²) in [6.07, 6.45) is 3.80. The Labute approximate surface area is 98.8 Å². The average Bonchev–Trinajstić information content (AvgIpc) is 2.36. The molecule has 0 saturated heterocycles. The quantitative estimate of drug-likeness (QED) is 0.342. The minimum atomic E-state index is 0.523. The molecule has 2 atom stereocenters. The number of hydrogen-bond donors (Lipinski definition) is 0. The summed E-state index contributed by atoms with van der Waals surface area (Å²) in [4.78, 5) is 0. The molecule has 1 aliphatic carbocycles. The first-order valence-electron chi connectivity index (χ1n) is 3.56. The minimum absolute atomic E-state index is 0.523. The molecule has 0 amide bonds. The van der Waals surface area contributed by atoms with Crippen molar-refractivity contribution in [3.63, 3.8) is 0 Å². The second-order valence-electron chi connectivity index (χ2n) is 2.70. The SMILES string of the molecule is [CH2-]C1CCCC1C[NH-].[I][Pt+2][I]. The predicted octanol–water partition coefficient (Wildman–Crippen LogP) is 4.06. The van der Waals surface area contributed by atoms with Gasteiger partial charge in [-0.05, 0) is 0 Å². The van der Waals surface area contributed by atoms with Gasteiger partial charge in [-0.15, -0.1) is 0 Å². The molecule has 1 N–H and O–H groups in total. The predicted molar refractivity (Wildman–Crippen MR) is 63.4 cm³/mol. The zero-order chi connectivity index (χ0) is 8.69. The molecule has 0 aromatic rings. The number of halogens is 2. The molecule has 0 heterocycles. The van der Waals surface area contributed by atoms with Crippen LogP contribution in [-0.2, 0) is 11.2 Å². The van der Waals surface area contributed by atoms with Gasteiger partial charge >= 0.3 is 49.9 Å². The molecule has 1 saturated carbocycles. The Bertz CT molecular complexity index is 92.5. The van der Waals surface area contributed by atoms with Crippen LogP contribution in [0, 0.1) is 18.8 Å². The summed E-state index contributed by atoms with van der Waals surface area (Å²) in [5, 5.41) is 0. The molecule has 0 bridgehead atoms. The van der Waals surface area contributed by atoms with Gasteiger partial charge in [0.05, 0.1) is 0 Å². The fourth-order valence-corrected chi connectivity index (χ4v) is 1.38. The van der Waals surface area contributed by atoms with E-state index in [-0.39, 0.29) is 0 Å². The standard InChI is InChI=1S/C7H13N.2HI.Pt/c1-6-3-2-4-7(6)5-8;;;/h6-8H,1-5H2;2*1H;/q-2;;;+4/p-2. The van der Waals surface area contributed by atoms with Crippen molar-refractivity contribution in [2.24, 2.45) is 11.8 Å². The Morgan fingerprint density at radius 2 is 2.00 bits per heavy atom. The van der Waals surface area contributed by atoms with Crippen LogP contribution in [0.2, 0.25) is 0 Å². The van der Waals surface area contributed by atoms with Crippen molar-refractivity contribution < 1.29 is 11.2 Å². The topological polar surface area (TPSA) is 23.8 Å². The number of rotatable bonds is 1. The molecule has 70 valence electrons. The van der Waals surface area contributed by atoms with Gasteiger partial charge in [-0.1, -0.05) is 25.2 Å². The van der Waals surface area contributed by atoms with E-state index in [1.165, 1.54) is 19.3 Å². The summed E-state index contributed by atoms with van der Waals surface area (Å²) < 4.78 is 0. The second-order valence-corrected chi connectivity index (χ2v) is 19.3. The first kappa shape index (κ1) is 13.1. The van der Waals surface area contributed by atoms with Crippen molar-refractivity contribution in [3.05, 3.63) is 12.7 Å². The van der Waals surface area contributed by atoms with E-state index in [1.807, 2.05) is 0 Å². The molecular formula is C7H13I2NPt. The molecule has 1 nitrogen and oxygen atoms in total. The summed E-state index contributed by atoms with van der Waals surface area (Å²) in [5.41, 5.74) is 7.09. The Hall–Kier alpha value is 2.11. The molecule has 2 unspecified atom stereocenters. The van der Waals surface area contributed by atoms with Crippen molar-refractivity contribution in [3.8, 4) is 0 Å². The van der Waals surface area contributed by atoms with Gasteiger partial charge in [0.1, 0.15) is 0 Å². The fourth-order valence-electron chi connectivity index (χ4n) is 1.38. The van der Waals surface area contributed by atoms with Crippen LogP contribution in [0.15, 0.2) is 0 Å². The third-order valence-corrected chi connectivity index (χ3v) is 2.08. The van der Waals surface area contributed by atoms with Crippen LogP contribution >= 0.6 is 38.7 Å². The first-order chi connectivity index (χ1) is 5.26. The number of nitrogens with one attached hydrogen (secondary N) is 1. The molecule has 0 aromatic heterocycles. The van der Waals surface area contributed by atoms with E-state index in [1.54, 1.807) is 0 Å². The zero-order valence-electron chi connectivity index (χ0n) is 6.26. The molecule has 0 aromatic carbocycles. The third-order valence-electron chi connectivity index (χ3n) is 2.08. The van der Waals surface area contributed by atoms with E-state index in [2.05, 4.69) is 45.6 Å². The van der Waals surface area contributed by atoms with Crippen molar-refractivity contribution in [2.45, 2.75) is 19.3 Å². The molecule has 1 aliphatic rings. The third kappa shape index (κ3) is 6.22. The van der Waals surface area contributed by atoms with Crippen molar-refractivity contribution in [1.29, 1.82) is 0 Å². The molecule has 1 rings (SSSR count). The summed E-state index contributed by atoms with van der Waals surface area (Å²) in [6.45, 7) is 4.56. The second kappa shape index (κ2) is 8.70. The summed E-state index contributed by atoms with van der Waals surface area (Å²) in [7, 11) is 0. The van der Waals surface area contributed by atoms with Gasteiger partial charge in [-0.2, -0.15) is 12.5 Å². The normalized spacial score (nSPS) is 29.8. The summed E-state index contributed by atoms with van der Waals surface area (Å²) in [5.74, 6) is 1.21. The van der Waals surface area contributed by atoms with Gasteiger partial charge < -0.3 is 12.7 Å². The van der Waals surface area contributed by atoms with Gasteiger partial charge in [-0.3, -0.25) is 0 Å². The van der Waals surface area contributed by atoms with Crippen LogP contribution in [0.3, 0.4) is 0 Å². The molecule has 0 spiro atoms. The number of hydrogen-bond acceptors (Lipinski definition) is 0. The van der Waals surface area contributed by atoms with E-state index in [9.17, 15) is 0 Å². The van der Waals surface area contributed by atoms with Crippen LogP contribution in [0.5, 0.6) is 0 Å². The molecule has 4 heteroatoms. The van der Waals surface area contributed by atoms with Gasteiger partial charge in [0.25, 0.3) is 0 Å². The van der Waals surface area contributed by atoms with Crippen molar-refractivity contribution >= 4 is 38.7 Å². The molecule has 0 radical (unpaired) electrons. The van der Waals surface area contributed by atoms with E-state index < -0.39 is 0 Å². The van der Waals surface area contributed by atoms with Crippen LogP contribution in [0.1, 0.15) is 19.3 Å². The molecule has 1 fully saturated rings. The van der Waals surface area contributed by atoms with Crippen LogP contribution in [0.4, 0.5) is 0 Å². The maximum absolute atomic E-state index is 7.09. The van der Waals surface area contributed by atoms with E-state index in [4.69, 9.17) is 5.73 Å². The summed E-state index contributed by atoms with van der Waals surface area (Å²) >= 11 is 5.30. The molecular weight excluding hydrogens is 547 g/mol. The van der Waals surface area contributed by atoms with Gasteiger partial charge in [0.2, 0.25) is 0 Å². The Kier molecular flexibility index (Phi) is 10.4. The van der Waals surface area contributed by atoms with Crippen LogP contribution in [0.25, 0.3) is 5.73 Å².